The molecule has 0 atom stereocenters. The minimum Gasteiger partial charge on any atom is -0.476 e. The van der Waals surface area contributed by atoms with E-state index < -0.39 is 5.97 Å². The van der Waals surface area contributed by atoms with Crippen LogP contribution < -0.4 is 5.32 Å². The molecule has 7 nitrogen and oxygen atoms in total. The van der Waals surface area contributed by atoms with Crippen LogP contribution in [0.25, 0.3) is 0 Å². The van der Waals surface area contributed by atoms with Crippen molar-refractivity contribution < 1.29 is 14.7 Å². The summed E-state index contributed by atoms with van der Waals surface area (Å²) in [6, 6.07) is 3.11. The average molecular weight is 295 g/mol. The number of hydrogen-bond donors (Lipinski definition) is 2. The molecule has 0 aliphatic rings. The lowest BCUT2D eigenvalue weighted by Crippen LogP contribution is -2.27. The van der Waals surface area contributed by atoms with Crippen molar-refractivity contribution in [3.05, 3.63) is 47.3 Å². The van der Waals surface area contributed by atoms with E-state index in [4.69, 9.17) is 16.7 Å². The zero-order valence-corrected chi connectivity index (χ0v) is 11.0. The molecule has 2 N–H and O–H groups in total. The van der Waals surface area contributed by atoms with Gasteiger partial charge in [-0.1, -0.05) is 11.6 Å². The molecule has 0 aromatic carbocycles. The minimum absolute atomic E-state index is 0.0294. The third kappa shape index (κ3) is 3.55. The number of halogens is 1. The quantitative estimate of drug-likeness (QED) is 0.804. The number of carboxylic acid groups (broad SMARTS) is 1. The first-order valence-electron chi connectivity index (χ1n) is 5.71. The zero-order valence-electron chi connectivity index (χ0n) is 10.3. The Morgan fingerprint density at radius 3 is 2.75 bits per heavy atom. The number of aromatic nitrogens is 3. The Bertz CT molecular complexity index is 624. The molecule has 2 aromatic rings. The Hall–Kier alpha value is -2.41. The number of rotatable bonds is 5. The second kappa shape index (κ2) is 6.16. The first-order chi connectivity index (χ1) is 9.56. The molecular weight excluding hydrogens is 284 g/mol. The summed E-state index contributed by atoms with van der Waals surface area (Å²) in [6.07, 6.45) is 4.19. The number of aromatic carboxylic acids is 1. The van der Waals surface area contributed by atoms with Crippen LogP contribution in [0.15, 0.2) is 30.9 Å². The highest BCUT2D eigenvalue weighted by atomic mass is 35.5. The fourth-order valence-electron chi connectivity index (χ4n) is 1.50. The summed E-state index contributed by atoms with van der Waals surface area (Å²) < 4.78 is 1.59. The summed E-state index contributed by atoms with van der Waals surface area (Å²) in [5.41, 5.74) is 0.379. The number of carbonyl (C=O) groups excluding carboxylic acids is 1. The lowest BCUT2D eigenvalue weighted by atomic mass is 10.3. The molecule has 20 heavy (non-hydrogen) atoms. The molecule has 0 aliphatic carbocycles. The lowest BCUT2D eigenvalue weighted by molar-refractivity contribution is 0.0690. The van der Waals surface area contributed by atoms with Crippen LogP contribution in [0.2, 0.25) is 5.15 Å². The highest BCUT2D eigenvalue weighted by Gasteiger charge is 2.07. The van der Waals surface area contributed by atoms with Crippen molar-refractivity contribution in [2.24, 2.45) is 0 Å². The zero-order chi connectivity index (χ0) is 14.5. The minimum atomic E-state index is -1.08. The number of amides is 1. The molecule has 2 heterocycles. The number of nitrogens with zero attached hydrogens (tertiary/aromatic N) is 3. The van der Waals surface area contributed by atoms with Crippen molar-refractivity contribution in [2.45, 2.75) is 6.54 Å². The Labute approximate surface area is 119 Å². The van der Waals surface area contributed by atoms with Crippen molar-refractivity contribution in [3.8, 4) is 0 Å². The Morgan fingerprint density at radius 1 is 1.35 bits per heavy atom. The first-order valence-corrected chi connectivity index (χ1v) is 6.09. The van der Waals surface area contributed by atoms with Gasteiger partial charge >= 0.3 is 5.97 Å². The summed E-state index contributed by atoms with van der Waals surface area (Å²) in [7, 11) is 0. The number of carbonyl (C=O) groups is 2. The van der Waals surface area contributed by atoms with E-state index in [-0.39, 0.29) is 11.6 Å². The smallest absolute Gasteiger partial charge is 0.356 e. The molecule has 2 rings (SSSR count). The maximum absolute atomic E-state index is 11.7. The highest BCUT2D eigenvalue weighted by molar-refractivity contribution is 6.29. The fourth-order valence-corrected chi connectivity index (χ4v) is 1.62. The van der Waals surface area contributed by atoms with Crippen molar-refractivity contribution in [3.63, 3.8) is 0 Å². The molecule has 0 unspecified atom stereocenters. The van der Waals surface area contributed by atoms with Gasteiger partial charge < -0.3 is 15.0 Å². The Balaban J connectivity index is 1.84. The van der Waals surface area contributed by atoms with Crippen LogP contribution in [0.1, 0.15) is 20.8 Å². The molecule has 0 bridgehead atoms. The monoisotopic (exact) mass is 294 g/mol. The summed E-state index contributed by atoms with van der Waals surface area (Å²) in [4.78, 5) is 29.9. The third-order valence-corrected chi connectivity index (χ3v) is 2.72. The third-order valence-electron chi connectivity index (χ3n) is 2.50. The predicted octanol–water partition coefficient (Wildman–Crippen LogP) is 1.06. The largest absolute Gasteiger partial charge is 0.476 e. The van der Waals surface area contributed by atoms with Gasteiger partial charge in [0.05, 0.1) is 11.9 Å². The Morgan fingerprint density at radius 2 is 2.15 bits per heavy atom. The van der Waals surface area contributed by atoms with E-state index in [9.17, 15) is 9.59 Å². The summed E-state index contributed by atoms with van der Waals surface area (Å²) in [6.45, 7) is 0.768. The van der Waals surface area contributed by atoms with Gasteiger partial charge in [-0.05, 0) is 12.1 Å². The van der Waals surface area contributed by atoms with Gasteiger partial charge in [0.15, 0.2) is 5.69 Å². The van der Waals surface area contributed by atoms with Gasteiger partial charge in [-0.3, -0.25) is 4.79 Å². The van der Waals surface area contributed by atoms with Crippen molar-refractivity contribution in [1.29, 1.82) is 0 Å². The number of imidazole rings is 1. The van der Waals surface area contributed by atoms with Crippen LogP contribution in [0, 0.1) is 0 Å². The molecule has 104 valence electrons. The van der Waals surface area contributed by atoms with Gasteiger partial charge in [-0.25, -0.2) is 14.8 Å². The first kappa shape index (κ1) is 14.0. The number of nitrogens with one attached hydrogen (secondary N) is 1. The molecule has 1 amide bonds. The van der Waals surface area contributed by atoms with Gasteiger partial charge in [0.1, 0.15) is 5.15 Å². The molecule has 0 radical (unpaired) electrons. The molecule has 0 aliphatic heterocycles. The summed E-state index contributed by atoms with van der Waals surface area (Å²) in [5.74, 6) is -1.35. The summed E-state index contributed by atoms with van der Waals surface area (Å²) >= 11 is 5.63. The van der Waals surface area contributed by atoms with Crippen LogP contribution in [0.4, 0.5) is 0 Å². The van der Waals surface area contributed by atoms with E-state index in [0.717, 1.165) is 0 Å². The second-order valence-electron chi connectivity index (χ2n) is 3.93. The van der Waals surface area contributed by atoms with E-state index in [1.165, 1.54) is 24.8 Å². The van der Waals surface area contributed by atoms with E-state index in [0.29, 0.717) is 23.8 Å². The van der Waals surface area contributed by atoms with Gasteiger partial charge in [0, 0.05) is 25.5 Å². The standard InChI is InChI=1S/C12H11ClN4O3/c13-10-2-1-8(5-15-10)11(18)14-3-4-17-6-9(12(19)20)16-7-17/h1-2,5-7H,3-4H2,(H,14,18)(H,19,20). The molecule has 0 spiro atoms. The molecule has 0 saturated heterocycles. The molecular formula is C12H11ClN4O3. The molecule has 0 fully saturated rings. The maximum atomic E-state index is 11.7. The Kier molecular flexibility index (Phi) is 4.31. The van der Waals surface area contributed by atoms with Gasteiger partial charge in [0.25, 0.3) is 5.91 Å². The van der Waals surface area contributed by atoms with E-state index in [1.54, 1.807) is 10.6 Å². The topological polar surface area (TPSA) is 97.1 Å². The van der Waals surface area contributed by atoms with Crippen LogP contribution in [-0.4, -0.2) is 38.1 Å². The van der Waals surface area contributed by atoms with E-state index in [2.05, 4.69) is 15.3 Å². The molecule has 8 heteroatoms. The predicted molar refractivity (Wildman–Crippen MR) is 70.8 cm³/mol. The van der Waals surface area contributed by atoms with Gasteiger partial charge in [0.2, 0.25) is 0 Å². The van der Waals surface area contributed by atoms with Crippen LogP contribution in [0.5, 0.6) is 0 Å². The van der Waals surface area contributed by atoms with Gasteiger partial charge in [-0.15, -0.1) is 0 Å². The van der Waals surface area contributed by atoms with Crippen molar-refractivity contribution in [1.82, 2.24) is 19.9 Å². The maximum Gasteiger partial charge on any atom is 0.356 e. The second-order valence-corrected chi connectivity index (χ2v) is 4.31. The normalized spacial score (nSPS) is 10.2. The van der Waals surface area contributed by atoms with Crippen LogP contribution >= 0.6 is 11.6 Å². The number of pyridine rings is 1. The van der Waals surface area contributed by atoms with Gasteiger partial charge in [-0.2, -0.15) is 0 Å². The highest BCUT2D eigenvalue weighted by Crippen LogP contribution is 2.04. The number of carboxylic acids is 1. The lowest BCUT2D eigenvalue weighted by Gasteiger charge is -2.05. The number of hydrogen-bond acceptors (Lipinski definition) is 4. The van der Waals surface area contributed by atoms with Crippen LogP contribution in [0.3, 0.4) is 0 Å². The van der Waals surface area contributed by atoms with E-state index >= 15 is 0 Å². The SMILES string of the molecule is O=C(NCCn1cnc(C(=O)O)c1)c1ccc(Cl)nc1. The van der Waals surface area contributed by atoms with Crippen molar-refractivity contribution in [2.75, 3.05) is 6.54 Å². The molecule has 2 aromatic heterocycles. The average Bonchev–Trinajstić information content (AvgIpc) is 2.88. The van der Waals surface area contributed by atoms with Crippen molar-refractivity contribution >= 4 is 23.5 Å². The summed E-state index contributed by atoms with van der Waals surface area (Å²) in [5, 5.41) is 11.7. The fraction of sp³-hybridized carbons (Fsp3) is 0.167. The molecule has 0 saturated carbocycles. The van der Waals surface area contributed by atoms with Crippen LogP contribution in [-0.2, 0) is 6.54 Å². The van der Waals surface area contributed by atoms with E-state index in [1.807, 2.05) is 0 Å².